The first-order valence-electron chi connectivity index (χ1n) is 8.81. The Bertz CT molecular complexity index is 291. The lowest BCUT2D eigenvalue weighted by Gasteiger charge is -2.41. The Balaban J connectivity index is 1.65. The highest BCUT2D eigenvalue weighted by Gasteiger charge is 2.36. The van der Waals surface area contributed by atoms with Crippen molar-refractivity contribution in [3.63, 3.8) is 0 Å². The molecule has 2 rings (SSSR count). The second-order valence-electron chi connectivity index (χ2n) is 6.66. The smallest absolute Gasteiger partial charge is 0.305 e. The molecule has 0 saturated carbocycles. The lowest BCUT2D eigenvalue weighted by Crippen LogP contribution is -3.18. The lowest BCUT2D eigenvalue weighted by molar-refractivity contribution is -0.940. The number of ether oxygens (including phenoxy) is 1. The van der Waals surface area contributed by atoms with E-state index in [1.165, 1.54) is 58.0 Å². The Kier molecular flexibility index (Phi) is 6.85. The zero-order valence-corrected chi connectivity index (χ0v) is 13.2. The average molecular weight is 282 g/mol. The highest BCUT2D eigenvalue weighted by molar-refractivity contribution is 5.69. The summed E-state index contributed by atoms with van der Waals surface area (Å²) in [6.07, 6.45) is 11.9. The summed E-state index contributed by atoms with van der Waals surface area (Å²) < 4.78 is 5.56. The number of quaternary nitrogens is 1. The topological polar surface area (TPSA) is 30.7 Å². The molecule has 0 spiro atoms. The minimum Gasteiger partial charge on any atom is -0.465 e. The highest BCUT2D eigenvalue weighted by Crippen LogP contribution is 2.20. The van der Waals surface area contributed by atoms with Gasteiger partial charge in [0.1, 0.15) is 0 Å². The van der Waals surface area contributed by atoms with Gasteiger partial charge in [0.15, 0.2) is 0 Å². The van der Waals surface area contributed by atoms with Crippen LogP contribution in [0.25, 0.3) is 0 Å². The number of unbranched alkanes of at least 4 members (excludes halogenated alkanes) is 3. The molecule has 3 nitrogen and oxygen atoms in total. The van der Waals surface area contributed by atoms with Gasteiger partial charge in [-0.2, -0.15) is 0 Å². The van der Waals surface area contributed by atoms with Crippen LogP contribution < -0.4 is 4.90 Å². The molecule has 0 amide bonds. The fraction of sp³-hybridized carbons (Fsp3) is 0.941. The van der Waals surface area contributed by atoms with Gasteiger partial charge in [-0.25, -0.2) is 0 Å². The van der Waals surface area contributed by atoms with Crippen LogP contribution in [-0.2, 0) is 9.53 Å². The largest absolute Gasteiger partial charge is 0.465 e. The molecule has 3 heteroatoms. The van der Waals surface area contributed by atoms with Crippen molar-refractivity contribution in [2.45, 2.75) is 77.2 Å². The van der Waals surface area contributed by atoms with Crippen molar-refractivity contribution in [2.75, 3.05) is 19.7 Å². The summed E-state index contributed by atoms with van der Waals surface area (Å²) in [5, 5.41) is 0. The van der Waals surface area contributed by atoms with Gasteiger partial charge in [0.25, 0.3) is 0 Å². The first-order chi connectivity index (χ1) is 9.81. The van der Waals surface area contributed by atoms with Gasteiger partial charge < -0.3 is 9.64 Å². The van der Waals surface area contributed by atoms with Gasteiger partial charge in [-0.3, -0.25) is 4.79 Å². The summed E-state index contributed by atoms with van der Waals surface area (Å²) in [5.41, 5.74) is 0. The molecular weight excluding hydrogens is 250 g/mol. The number of carbonyl (C=O) groups excluding carboxylic acids is 1. The summed E-state index contributed by atoms with van der Waals surface area (Å²) in [7, 11) is 0. The van der Waals surface area contributed by atoms with Gasteiger partial charge in [0, 0.05) is 12.3 Å². The van der Waals surface area contributed by atoms with Gasteiger partial charge >= 0.3 is 5.97 Å². The monoisotopic (exact) mass is 282 g/mol. The normalized spacial score (nSPS) is 29.8. The van der Waals surface area contributed by atoms with Crippen molar-refractivity contribution in [3.05, 3.63) is 0 Å². The fourth-order valence-corrected chi connectivity index (χ4v) is 3.95. The molecule has 0 radical (unpaired) electrons. The first kappa shape index (κ1) is 15.8. The fourth-order valence-electron chi connectivity index (χ4n) is 3.95. The molecule has 2 fully saturated rings. The minimum absolute atomic E-state index is 0.0315. The van der Waals surface area contributed by atoms with Crippen molar-refractivity contribution in [1.82, 2.24) is 0 Å². The quantitative estimate of drug-likeness (QED) is 0.574. The van der Waals surface area contributed by atoms with Crippen molar-refractivity contribution in [3.8, 4) is 0 Å². The molecule has 0 aromatic heterocycles. The number of piperidine rings is 2. The standard InChI is InChI=1S/C17H31NO2/c1-2-3-4-5-11-17(19)20-14-15-9-8-13-18-12-7-6-10-16(15)18/h15-16H,2-14H2,1H3/p+1/t15-,16-/m1/s1. The third-order valence-electron chi connectivity index (χ3n) is 5.12. The Morgan fingerprint density at radius 3 is 2.80 bits per heavy atom. The molecule has 1 unspecified atom stereocenters. The third kappa shape index (κ3) is 4.76. The Labute approximate surface area is 124 Å². The maximum atomic E-state index is 11.8. The number of rotatable bonds is 7. The van der Waals surface area contributed by atoms with E-state index >= 15 is 0 Å². The summed E-state index contributed by atoms with van der Waals surface area (Å²) in [4.78, 5) is 13.6. The van der Waals surface area contributed by atoms with Crippen LogP contribution in [0.4, 0.5) is 0 Å². The van der Waals surface area contributed by atoms with E-state index in [2.05, 4.69) is 6.92 Å². The SMILES string of the molecule is CCCCCCC(=O)OC[C@H]1CCC[NH+]2CCCC[C@H]12. The summed E-state index contributed by atoms with van der Waals surface area (Å²) >= 11 is 0. The lowest BCUT2D eigenvalue weighted by atomic mass is 9.84. The van der Waals surface area contributed by atoms with Gasteiger partial charge in [-0.15, -0.1) is 0 Å². The molecule has 2 aliphatic rings. The van der Waals surface area contributed by atoms with Gasteiger partial charge in [0.2, 0.25) is 0 Å². The van der Waals surface area contributed by atoms with E-state index in [9.17, 15) is 4.79 Å². The maximum absolute atomic E-state index is 11.8. The number of esters is 1. The number of carbonyl (C=O) groups is 1. The van der Waals surface area contributed by atoms with Crippen LogP contribution in [0.5, 0.6) is 0 Å². The van der Waals surface area contributed by atoms with E-state index in [1.54, 1.807) is 4.90 Å². The second-order valence-corrected chi connectivity index (χ2v) is 6.66. The van der Waals surface area contributed by atoms with Crippen molar-refractivity contribution in [2.24, 2.45) is 5.92 Å². The van der Waals surface area contributed by atoms with E-state index < -0.39 is 0 Å². The van der Waals surface area contributed by atoms with Crippen LogP contribution in [0.3, 0.4) is 0 Å². The second kappa shape index (κ2) is 8.66. The minimum atomic E-state index is 0.0315. The molecular formula is C17H32NO2+. The van der Waals surface area contributed by atoms with Crippen LogP contribution in [-0.4, -0.2) is 31.7 Å². The van der Waals surface area contributed by atoms with Gasteiger partial charge in [0.05, 0.1) is 25.7 Å². The molecule has 20 heavy (non-hydrogen) atoms. The number of hydrogen-bond donors (Lipinski definition) is 1. The zero-order chi connectivity index (χ0) is 14.2. The van der Waals surface area contributed by atoms with Crippen LogP contribution in [0.2, 0.25) is 0 Å². The molecule has 0 aromatic carbocycles. The molecule has 2 heterocycles. The molecule has 2 saturated heterocycles. The molecule has 0 aliphatic carbocycles. The molecule has 2 aliphatic heterocycles. The van der Waals surface area contributed by atoms with E-state index in [1.807, 2.05) is 0 Å². The van der Waals surface area contributed by atoms with E-state index in [0.29, 0.717) is 18.9 Å². The number of fused-ring (bicyclic) bond motifs is 1. The summed E-state index contributed by atoms with van der Waals surface area (Å²) in [6.45, 7) is 5.55. The van der Waals surface area contributed by atoms with Gasteiger partial charge in [-0.05, 0) is 38.5 Å². The molecule has 0 bridgehead atoms. The van der Waals surface area contributed by atoms with E-state index in [-0.39, 0.29) is 5.97 Å². The third-order valence-corrected chi connectivity index (χ3v) is 5.12. The van der Waals surface area contributed by atoms with E-state index in [4.69, 9.17) is 4.74 Å². The first-order valence-corrected chi connectivity index (χ1v) is 8.81. The van der Waals surface area contributed by atoms with Crippen molar-refractivity contribution in [1.29, 1.82) is 0 Å². The van der Waals surface area contributed by atoms with Crippen molar-refractivity contribution >= 4 is 5.97 Å². The number of hydrogen-bond acceptors (Lipinski definition) is 2. The van der Waals surface area contributed by atoms with Crippen LogP contribution >= 0.6 is 0 Å². The van der Waals surface area contributed by atoms with Crippen LogP contribution in [0.1, 0.15) is 71.1 Å². The van der Waals surface area contributed by atoms with Crippen LogP contribution in [0.15, 0.2) is 0 Å². The number of nitrogens with one attached hydrogen (secondary N) is 1. The maximum Gasteiger partial charge on any atom is 0.305 e. The van der Waals surface area contributed by atoms with E-state index in [0.717, 1.165) is 18.9 Å². The molecule has 0 aromatic rings. The average Bonchev–Trinajstić information content (AvgIpc) is 2.49. The predicted octanol–water partition coefficient (Wildman–Crippen LogP) is 2.35. The van der Waals surface area contributed by atoms with Crippen LogP contribution in [0, 0.1) is 5.92 Å². The summed E-state index contributed by atoms with van der Waals surface area (Å²) in [5.74, 6) is 0.655. The van der Waals surface area contributed by atoms with Crippen molar-refractivity contribution < 1.29 is 14.4 Å². The Hall–Kier alpha value is -0.570. The highest BCUT2D eigenvalue weighted by atomic mass is 16.5. The molecule has 1 N–H and O–H groups in total. The Morgan fingerprint density at radius 1 is 1.10 bits per heavy atom. The molecule has 116 valence electrons. The molecule has 3 atom stereocenters. The zero-order valence-electron chi connectivity index (χ0n) is 13.2. The van der Waals surface area contributed by atoms with Gasteiger partial charge in [-0.1, -0.05) is 26.2 Å². The summed E-state index contributed by atoms with van der Waals surface area (Å²) in [6, 6.07) is 0.769. The predicted molar refractivity (Wildman–Crippen MR) is 80.8 cm³/mol. The Morgan fingerprint density at radius 2 is 1.95 bits per heavy atom.